The van der Waals surface area contributed by atoms with Gasteiger partial charge in [-0.05, 0) is 53.9 Å². The smallest absolute Gasteiger partial charge is 0.410 e. The van der Waals surface area contributed by atoms with Crippen LogP contribution >= 0.6 is 0 Å². The van der Waals surface area contributed by atoms with Crippen molar-refractivity contribution in [3.8, 4) is 0 Å². The molecule has 0 aromatic rings. The Labute approximate surface area is 143 Å². The van der Waals surface area contributed by atoms with E-state index < -0.39 is 5.60 Å². The van der Waals surface area contributed by atoms with Crippen LogP contribution in [0.25, 0.3) is 0 Å². The van der Waals surface area contributed by atoms with Crippen LogP contribution in [0.2, 0.25) is 0 Å². The number of carbonyl (C=O) groups is 1. The molecule has 0 bridgehead atoms. The average molecular weight is 327 g/mol. The number of hydrogen-bond donors (Lipinski definition) is 1. The molecule has 0 aliphatic carbocycles. The van der Waals surface area contributed by atoms with Gasteiger partial charge in [0, 0.05) is 24.7 Å². The van der Waals surface area contributed by atoms with Crippen molar-refractivity contribution in [2.75, 3.05) is 6.54 Å². The van der Waals surface area contributed by atoms with E-state index >= 15 is 0 Å². The number of rotatable bonds is 7. The van der Waals surface area contributed by atoms with Crippen molar-refractivity contribution >= 4 is 6.09 Å². The van der Waals surface area contributed by atoms with Crippen LogP contribution in [0.1, 0.15) is 86.5 Å². The third-order valence-electron chi connectivity index (χ3n) is 4.61. The van der Waals surface area contributed by atoms with Gasteiger partial charge in [0.05, 0.1) is 0 Å². The lowest BCUT2D eigenvalue weighted by Gasteiger charge is -2.41. The summed E-state index contributed by atoms with van der Waals surface area (Å²) in [6.07, 6.45) is 8.46. The summed E-state index contributed by atoms with van der Waals surface area (Å²) in [5, 5.41) is 3.74. The normalized spacial score (nSPS) is 23.7. The van der Waals surface area contributed by atoms with E-state index in [1.807, 2.05) is 25.7 Å². The fourth-order valence-electron chi connectivity index (χ4n) is 3.27. The number of nitrogens with zero attached hydrogens (tertiary/aromatic N) is 1. The van der Waals surface area contributed by atoms with Gasteiger partial charge in [0.15, 0.2) is 0 Å². The monoisotopic (exact) mass is 326 g/mol. The zero-order valence-corrected chi connectivity index (χ0v) is 16.2. The number of hydrogen-bond acceptors (Lipinski definition) is 3. The Hall–Kier alpha value is -0.770. The van der Waals surface area contributed by atoms with Gasteiger partial charge in [0.25, 0.3) is 0 Å². The predicted octanol–water partition coefficient (Wildman–Crippen LogP) is 4.72. The molecule has 1 amide bonds. The third-order valence-corrected chi connectivity index (χ3v) is 4.61. The number of likely N-dealkylation sites (tertiary alicyclic amines) is 1. The van der Waals surface area contributed by atoms with E-state index in [2.05, 4.69) is 26.1 Å². The minimum Gasteiger partial charge on any atom is -0.444 e. The minimum atomic E-state index is -0.427. The number of nitrogens with one attached hydrogen (secondary N) is 1. The molecule has 1 saturated heterocycles. The summed E-state index contributed by atoms with van der Waals surface area (Å²) in [5.74, 6) is 0. The molecule has 0 radical (unpaired) electrons. The Balaban J connectivity index is 2.46. The Morgan fingerprint density at radius 1 is 1.30 bits per heavy atom. The van der Waals surface area contributed by atoms with E-state index in [-0.39, 0.29) is 12.1 Å². The summed E-state index contributed by atoms with van der Waals surface area (Å²) >= 11 is 0. The lowest BCUT2D eigenvalue weighted by atomic mass is 9.96. The van der Waals surface area contributed by atoms with Gasteiger partial charge in [0.1, 0.15) is 5.60 Å². The van der Waals surface area contributed by atoms with Crippen molar-refractivity contribution in [2.24, 2.45) is 0 Å². The maximum absolute atomic E-state index is 12.4. The first-order chi connectivity index (χ1) is 10.7. The second-order valence-electron chi connectivity index (χ2n) is 8.08. The highest BCUT2D eigenvalue weighted by Crippen LogP contribution is 2.21. The van der Waals surface area contributed by atoms with Gasteiger partial charge >= 0.3 is 6.09 Å². The first-order valence-corrected chi connectivity index (χ1v) is 9.50. The van der Waals surface area contributed by atoms with Crippen LogP contribution in [-0.4, -0.2) is 41.3 Å². The van der Waals surface area contributed by atoms with E-state index in [4.69, 9.17) is 4.74 Å². The first-order valence-electron chi connectivity index (χ1n) is 9.50. The number of amides is 1. The fraction of sp³-hybridized carbons (Fsp3) is 0.947. The fourth-order valence-corrected chi connectivity index (χ4v) is 3.27. The zero-order valence-electron chi connectivity index (χ0n) is 16.2. The van der Waals surface area contributed by atoms with Crippen molar-refractivity contribution in [3.63, 3.8) is 0 Å². The van der Waals surface area contributed by atoms with Crippen molar-refractivity contribution in [3.05, 3.63) is 0 Å². The molecule has 0 saturated carbocycles. The molecule has 0 spiro atoms. The molecule has 4 heteroatoms. The molecular weight excluding hydrogens is 288 g/mol. The lowest BCUT2D eigenvalue weighted by Crippen LogP contribution is -2.56. The summed E-state index contributed by atoms with van der Waals surface area (Å²) in [6, 6.07) is 1.08. The highest BCUT2D eigenvalue weighted by molar-refractivity contribution is 5.68. The molecule has 4 nitrogen and oxygen atoms in total. The minimum absolute atomic E-state index is 0.174. The van der Waals surface area contributed by atoms with E-state index in [9.17, 15) is 4.79 Å². The average Bonchev–Trinajstić information content (AvgIpc) is 2.44. The highest BCUT2D eigenvalue weighted by atomic mass is 16.6. The standard InChI is InChI=1S/C19H38N2O2/c1-7-8-9-10-12-15(2)20-17-13-11-14-21(16(17)3)18(22)23-19(4,5)6/h15-17,20H,7-14H2,1-6H3. The van der Waals surface area contributed by atoms with E-state index in [1.165, 1.54) is 32.1 Å². The molecule has 1 aliphatic heterocycles. The number of ether oxygens (including phenoxy) is 1. The molecule has 3 unspecified atom stereocenters. The van der Waals surface area contributed by atoms with E-state index in [1.54, 1.807) is 0 Å². The maximum atomic E-state index is 12.4. The van der Waals surface area contributed by atoms with Crippen LogP contribution in [0.4, 0.5) is 4.79 Å². The summed E-state index contributed by atoms with van der Waals surface area (Å²) in [6.45, 7) is 13.2. The second kappa shape index (κ2) is 9.51. The molecule has 0 aromatic carbocycles. The van der Waals surface area contributed by atoms with Crippen molar-refractivity contribution in [1.29, 1.82) is 0 Å². The van der Waals surface area contributed by atoms with Crippen LogP contribution in [0.5, 0.6) is 0 Å². The van der Waals surface area contributed by atoms with Gasteiger partial charge in [-0.2, -0.15) is 0 Å². The van der Waals surface area contributed by atoms with Crippen LogP contribution in [0, 0.1) is 0 Å². The molecule has 1 aliphatic rings. The summed E-state index contributed by atoms with van der Waals surface area (Å²) in [5.41, 5.74) is -0.427. The molecule has 1 heterocycles. The Morgan fingerprint density at radius 3 is 2.61 bits per heavy atom. The Morgan fingerprint density at radius 2 is 2.00 bits per heavy atom. The summed E-state index contributed by atoms with van der Waals surface area (Å²) < 4.78 is 5.55. The number of unbranched alkanes of at least 4 members (excludes halogenated alkanes) is 3. The van der Waals surface area contributed by atoms with Gasteiger partial charge < -0.3 is 15.0 Å². The number of carbonyl (C=O) groups excluding carboxylic acids is 1. The van der Waals surface area contributed by atoms with Crippen LogP contribution in [0.15, 0.2) is 0 Å². The largest absolute Gasteiger partial charge is 0.444 e. The molecule has 1 N–H and O–H groups in total. The zero-order chi connectivity index (χ0) is 17.5. The van der Waals surface area contributed by atoms with E-state index in [0.29, 0.717) is 12.1 Å². The quantitative estimate of drug-likeness (QED) is 0.688. The van der Waals surface area contributed by atoms with Gasteiger partial charge in [-0.1, -0.05) is 32.6 Å². The topological polar surface area (TPSA) is 41.6 Å². The molecule has 1 fully saturated rings. The van der Waals surface area contributed by atoms with Gasteiger partial charge in [-0.15, -0.1) is 0 Å². The number of piperidine rings is 1. The van der Waals surface area contributed by atoms with Crippen LogP contribution in [-0.2, 0) is 4.74 Å². The molecule has 3 atom stereocenters. The van der Waals surface area contributed by atoms with Gasteiger partial charge in [-0.3, -0.25) is 0 Å². The Bertz CT molecular complexity index is 352. The third kappa shape index (κ3) is 7.56. The van der Waals surface area contributed by atoms with Crippen molar-refractivity contribution in [1.82, 2.24) is 10.2 Å². The SMILES string of the molecule is CCCCCCC(C)NC1CCCN(C(=O)OC(C)(C)C)C1C. The van der Waals surface area contributed by atoms with Crippen molar-refractivity contribution in [2.45, 2.75) is 110 Å². The molecule has 136 valence electrons. The molecular formula is C19H38N2O2. The molecule has 1 rings (SSSR count). The van der Waals surface area contributed by atoms with Crippen LogP contribution < -0.4 is 5.32 Å². The van der Waals surface area contributed by atoms with E-state index in [0.717, 1.165) is 19.4 Å². The maximum Gasteiger partial charge on any atom is 0.410 e. The van der Waals surface area contributed by atoms with Gasteiger partial charge in [-0.25, -0.2) is 4.79 Å². The lowest BCUT2D eigenvalue weighted by molar-refractivity contribution is 0.00636. The second-order valence-corrected chi connectivity index (χ2v) is 8.08. The van der Waals surface area contributed by atoms with Crippen LogP contribution in [0.3, 0.4) is 0 Å². The summed E-state index contributed by atoms with van der Waals surface area (Å²) in [7, 11) is 0. The first kappa shape index (κ1) is 20.3. The summed E-state index contributed by atoms with van der Waals surface area (Å²) in [4.78, 5) is 14.3. The van der Waals surface area contributed by atoms with Gasteiger partial charge in [0.2, 0.25) is 0 Å². The highest BCUT2D eigenvalue weighted by Gasteiger charge is 2.34. The molecule has 23 heavy (non-hydrogen) atoms. The Kier molecular flexibility index (Phi) is 8.38. The van der Waals surface area contributed by atoms with Crippen molar-refractivity contribution < 1.29 is 9.53 Å². The predicted molar refractivity (Wildman–Crippen MR) is 96.8 cm³/mol. The molecule has 0 aromatic heterocycles.